The second-order valence-corrected chi connectivity index (χ2v) is 7.28. The molecule has 0 bridgehead atoms. The van der Waals surface area contributed by atoms with Gasteiger partial charge in [-0.2, -0.15) is 9.78 Å². The molecule has 0 N–H and O–H groups in total. The summed E-state index contributed by atoms with van der Waals surface area (Å²) >= 11 is 6.32. The van der Waals surface area contributed by atoms with Crippen LogP contribution < -0.4 is 10.5 Å². The topological polar surface area (TPSA) is 102 Å². The fraction of sp³-hybridized carbons (Fsp3) is 0.389. The number of piperazine rings is 1. The zero-order chi connectivity index (χ0) is 19.8. The van der Waals surface area contributed by atoms with Crippen molar-refractivity contribution in [3.8, 4) is 5.69 Å². The number of hydrogen-bond acceptors (Lipinski definition) is 6. The molecular weight excluding hydrogens is 386 g/mol. The molecule has 10 heteroatoms. The first-order valence-electron chi connectivity index (χ1n) is 8.98. The lowest BCUT2D eigenvalue weighted by Crippen LogP contribution is -2.50. The van der Waals surface area contributed by atoms with Crippen molar-refractivity contribution in [3.05, 3.63) is 62.0 Å². The van der Waals surface area contributed by atoms with E-state index in [9.17, 15) is 19.7 Å². The summed E-state index contributed by atoms with van der Waals surface area (Å²) in [6, 6.07) is 8.27. The van der Waals surface area contributed by atoms with Crippen LogP contribution in [0.5, 0.6) is 0 Å². The maximum Gasteiger partial charge on any atom is 0.292 e. The maximum absolute atomic E-state index is 12.6. The number of carbonyl (C=O) groups excluding carboxylic acids is 1. The highest BCUT2D eigenvalue weighted by molar-refractivity contribution is 6.33. The highest BCUT2D eigenvalue weighted by Crippen LogP contribution is 2.35. The largest absolute Gasteiger partial charge is 0.365 e. The average Bonchev–Trinajstić information content (AvgIpc) is 3.52. The predicted molar refractivity (Wildman–Crippen MR) is 103 cm³/mol. The Morgan fingerprint density at radius 3 is 2.46 bits per heavy atom. The molecule has 1 saturated carbocycles. The second kappa shape index (κ2) is 7.23. The van der Waals surface area contributed by atoms with Gasteiger partial charge in [0.05, 0.1) is 17.6 Å². The third kappa shape index (κ3) is 3.33. The Hall–Kier alpha value is -2.94. The van der Waals surface area contributed by atoms with Gasteiger partial charge in [-0.1, -0.05) is 29.8 Å². The van der Waals surface area contributed by atoms with E-state index in [2.05, 4.69) is 5.10 Å². The molecule has 4 rings (SSSR count). The van der Waals surface area contributed by atoms with Crippen molar-refractivity contribution in [2.75, 3.05) is 31.1 Å². The van der Waals surface area contributed by atoms with Gasteiger partial charge in [-0.15, -0.1) is 0 Å². The molecule has 1 aliphatic heterocycles. The number of nitro groups is 1. The fourth-order valence-corrected chi connectivity index (χ4v) is 3.73. The number of anilines is 1. The molecule has 2 aliphatic rings. The third-order valence-electron chi connectivity index (χ3n) is 5.18. The van der Waals surface area contributed by atoms with Crippen molar-refractivity contribution in [2.45, 2.75) is 12.5 Å². The van der Waals surface area contributed by atoms with Gasteiger partial charge in [0.15, 0.2) is 0 Å². The van der Waals surface area contributed by atoms with Crippen LogP contribution in [0.2, 0.25) is 5.02 Å². The highest BCUT2D eigenvalue weighted by atomic mass is 35.5. The molecule has 0 unspecified atom stereocenters. The molecule has 146 valence electrons. The zero-order valence-electron chi connectivity index (χ0n) is 14.9. The van der Waals surface area contributed by atoms with E-state index < -0.39 is 17.5 Å². The first-order valence-corrected chi connectivity index (χ1v) is 9.35. The Balaban J connectivity index is 1.45. The number of para-hydroxylation sites is 1. The van der Waals surface area contributed by atoms with Crippen LogP contribution in [0.1, 0.15) is 6.42 Å². The van der Waals surface area contributed by atoms with Crippen LogP contribution in [0.3, 0.4) is 0 Å². The minimum Gasteiger partial charge on any atom is -0.365 e. The number of carbonyl (C=O) groups is 1. The number of halogens is 1. The first-order chi connectivity index (χ1) is 13.5. The quantitative estimate of drug-likeness (QED) is 0.561. The van der Waals surface area contributed by atoms with Gasteiger partial charge in [0.25, 0.3) is 5.56 Å². The van der Waals surface area contributed by atoms with E-state index in [0.717, 1.165) is 0 Å². The smallest absolute Gasteiger partial charge is 0.292 e. The van der Waals surface area contributed by atoms with E-state index in [1.165, 1.54) is 4.68 Å². The molecule has 1 aliphatic carbocycles. The van der Waals surface area contributed by atoms with Gasteiger partial charge in [-0.3, -0.25) is 19.7 Å². The zero-order valence-corrected chi connectivity index (χ0v) is 15.7. The van der Waals surface area contributed by atoms with Gasteiger partial charge in [-0.25, -0.2) is 0 Å². The van der Waals surface area contributed by atoms with Gasteiger partial charge in [0, 0.05) is 37.5 Å². The standard InChI is InChI=1S/C18H18ClN5O4/c19-16-15(11-20-23(18(16)26)12-4-2-1-3-5-12)21-6-8-22(9-7-21)17(25)13-10-14(13)24(27)28/h1-5,11,13-14H,6-10H2/t13-,14+/m1/s1. The summed E-state index contributed by atoms with van der Waals surface area (Å²) in [6.07, 6.45) is 1.87. The van der Waals surface area contributed by atoms with E-state index in [4.69, 9.17) is 11.6 Å². The Bertz CT molecular complexity index is 972. The Labute approximate surface area is 165 Å². The molecule has 1 aromatic carbocycles. The molecule has 1 aromatic heterocycles. The minimum atomic E-state index is -0.741. The monoisotopic (exact) mass is 403 g/mol. The number of benzene rings is 1. The Morgan fingerprint density at radius 1 is 1.18 bits per heavy atom. The van der Waals surface area contributed by atoms with Crippen molar-refractivity contribution in [2.24, 2.45) is 5.92 Å². The van der Waals surface area contributed by atoms with Crippen molar-refractivity contribution in [1.29, 1.82) is 0 Å². The summed E-state index contributed by atoms with van der Waals surface area (Å²) in [4.78, 5) is 38.9. The van der Waals surface area contributed by atoms with Crippen LogP contribution in [0.4, 0.5) is 5.69 Å². The molecule has 9 nitrogen and oxygen atoms in total. The number of aromatic nitrogens is 2. The molecule has 2 aromatic rings. The van der Waals surface area contributed by atoms with E-state index in [-0.39, 0.29) is 15.9 Å². The van der Waals surface area contributed by atoms with Gasteiger partial charge in [-0.05, 0) is 12.1 Å². The molecule has 28 heavy (non-hydrogen) atoms. The van der Waals surface area contributed by atoms with Crippen LogP contribution in [-0.2, 0) is 4.79 Å². The summed E-state index contributed by atoms with van der Waals surface area (Å²) in [7, 11) is 0. The highest BCUT2D eigenvalue weighted by Gasteiger charge is 2.54. The minimum absolute atomic E-state index is 0.0780. The second-order valence-electron chi connectivity index (χ2n) is 6.90. The van der Waals surface area contributed by atoms with E-state index in [0.29, 0.717) is 44.0 Å². The fourth-order valence-electron chi connectivity index (χ4n) is 3.48. The van der Waals surface area contributed by atoms with Crippen LogP contribution >= 0.6 is 11.6 Å². The number of amides is 1. The van der Waals surface area contributed by atoms with Gasteiger partial charge < -0.3 is 9.80 Å². The normalized spacial score (nSPS) is 21.5. The van der Waals surface area contributed by atoms with Gasteiger partial charge in [0.1, 0.15) is 10.9 Å². The van der Waals surface area contributed by atoms with E-state index >= 15 is 0 Å². The summed E-state index contributed by atoms with van der Waals surface area (Å²) in [5.41, 5.74) is 0.748. The van der Waals surface area contributed by atoms with Crippen LogP contribution in [0.25, 0.3) is 5.69 Å². The van der Waals surface area contributed by atoms with Crippen LogP contribution in [-0.4, -0.2) is 57.7 Å². The van der Waals surface area contributed by atoms with Crippen molar-refractivity contribution < 1.29 is 9.72 Å². The number of rotatable bonds is 4. The average molecular weight is 404 g/mol. The summed E-state index contributed by atoms with van der Waals surface area (Å²) in [5, 5.41) is 15.1. The van der Waals surface area contributed by atoms with Crippen LogP contribution in [0, 0.1) is 16.0 Å². The van der Waals surface area contributed by atoms with Crippen molar-refractivity contribution in [3.63, 3.8) is 0 Å². The van der Waals surface area contributed by atoms with E-state index in [1.54, 1.807) is 23.2 Å². The summed E-state index contributed by atoms with van der Waals surface area (Å²) in [5.74, 6) is -0.660. The summed E-state index contributed by atoms with van der Waals surface area (Å²) < 4.78 is 1.25. The lowest BCUT2D eigenvalue weighted by Gasteiger charge is -2.36. The SMILES string of the molecule is O=C([C@@H]1C[C@@H]1[N+](=O)[O-])N1CCN(c2cnn(-c3ccccc3)c(=O)c2Cl)CC1. The molecule has 2 atom stereocenters. The Kier molecular flexibility index (Phi) is 4.76. The van der Waals surface area contributed by atoms with Gasteiger partial charge in [0.2, 0.25) is 11.9 Å². The van der Waals surface area contributed by atoms with E-state index in [1.807, 2.05) is 23.1 Å². The third-order valence-corrected chi connectivity index (χ3v) is 5.53. The molecule has 2 fully saturated rings. The predicted octanol–water partition coefficient (Wildman–Crippen LogP) is 1.20. The lowest BCUT2D eigenvalue weighted by molar-refractivity contribution is -0.497. The molecule has 1 amide bonds. The van der Waals surface area contributed by atoms with Crippen molar-refractivity contribution in [1.82, 2.24) is 14.7 Å². The van der Waals surface area contributed by atoms with Crippen LogP contribution in [0.15, 0.2) is 41.3 Å². The Morgan fingerprint density at radius 2 is 1.86 bits per heavy atom. The number of hydrogen-bond donors (Lipinski definition) is 0. The lowest BCUT2D eigenvalue weighted by atomic mass is 10.2. The molecule has 0 spiro atoms. The van der Waals surface area contributed by atoms with Crippen molar-refractivity contribution >= 4 is 23.2 Å². The molecule has 2 heterocycles. The number of nitrogens with zero attached hydrogens (tertiary/aromatic N) is 5. The molecule has 1 saturated heterocycles. The first kappa shape index (κ1) is 18.4. The maximum atomic E-state index is 12.6. The molecular formula is C18H18ClN5O4. The van der Waals surface area contributed by atoms with Gasteiger partial charge >= 0.3 is 0 Å². The summed E-state index contributed by atoms with van der Waals surface area (Å²) in [6.45, 7) is 1.82. The molecule has 0 radical (unpaired) electrons.